The Morgan fingerprint density at radius 2 is 2.13 bits per heavy atom. The highest BCUT2D eigenvalue weighted by Crippen LogP contribution is 2.28. The van der Waals surface area contributed by atoms with Gasteiger partial charge in [-0.15, -0.1) is 23.2 Å². The first-order valence-electron chi connectivity index (χ1n) is 4.62. The molecular weight excluding hydrogens is 243 g/mol. The average molecular weight is 255 g/mol. The van der Waals surface area contributed by atoms with Crippen LogP contribution in [0.3, 0.4) is 0 Å². The van der Waals surface area contributed by atoms with Gasteiger partial charge in [-0.05, 0) is 6.42 Å². The molecule has 4 unspecified atom stereocenters. The number of esters is 1. The fourth-order valence-corrected chi connectivity index (χ4v) is 1.82. The third-order valence-corrected chi connectivity index (χ3v) is 3.15. The van der Waals surface area contributed by atoms with Gasteiger partial charge in [0, 0.05) is 6.92 Å². The Balaban J connectivity index is 2.74. The number of rotatable bonds is 2. The standard InChI is InChI=1S/C9H12Cl2O4/c1-3-5-8(13)6(10)7(11)9(15-5)14-4(2)12/h5-7,9H,3H2,1-2H3. The molecule has 0 spiro atoms. The Bertz CT molecular complexity index is 265. The first-order chi connectivity index (χ1) is 6.97. The third-order valence-electron chi connectivity index (χ3n) is 2.08. The van der Waals surface area contributed by atoms with E-state index < -0.39 is 29.1 Å². The van der Waals surface area contributed by atoms with Crippen molar-refractivity contribution in [1.82, 2.24) is 0 Å². The fraction of sp³-hybridized carbons (Fsp3) is 0.778. The minimum absolute atomic E-state index is 0.262. The summed E-state index contributed by atoms with van der Waals surface area (Å²) in [7, 11) is 0. The van der Waals surface area contributed by atoms with E-state index in [1.807, 2.05) is 0 Å². The number of hydrogen-bond acceptors (Lipinski definition) is 4. The molecular formula is C9H12Cl2O4. The van der Waals surface area contributed by atoms with Gasteiger partial charge >= 0.3 is 5.97 Å². The van der Waals surface area contributed by atoms with Crippen molar-refractivity contribution in [3.8, 4) is 0 Å². The predicted octanol–water partition coefficient (Wildman–Crippen LogP) is 1.47. The van der Waals surface area contributed by atoms with E-state index in [1.54, 1.807) is 6.92 Å². The summed E-state index contributed by atoms with van der Waals surface area (Å²) < 4.78 is 10.1. The lowest BCUT2D eigenvalue weighted by molar-refractivity contribution is -0.199. The molecule has 0 aliphatic carbocycles. The van der Waals surface area contributed by atoms with Crippen LogP contribution in [0.25, 0.3) is 0 Å². The van der Waals surface area contributed by atoms with E-state index in [4.69, 9.17) is 32.7 Å². The second-order valence-corrected chi connectivity index (χ2v) is 4.23. The SMILES string of the molecule is CCC1OC(OC(C)=O)C(Cl)C(Cl)C1=O. The maximum absolute atomic E-state index is 11.5. The van der Waals surface area contributed by atoms with Gasteiger partial charge in [0.2, 0.25) is 6.29 Å². The third kappa shape index (κ3) is 2.83. The summed E-state index contributed by atoms with van der Waals surface area (Å²) >= 11 is 11.7. The largest absolute Gasteiger partial charge is 0.434 e. The van der Waals surface area contributed by atoms with Gasteiger partial charge in [0.25, 0.3) is 0 Å². The van der Waals surface area contributed by atoms with E-state index in [0.717, 1.165) is 0 Å². The lowest BCUT2D eigenvalue weighted by Crippen LogP contribution is -2.51. The summed E-state index contributed by atoms with van der Waals surface area (Å²) in [6.45, 7) is 3.03. The molecule has 86 valence electrons. The van der Waals surface area contributed by atoms with E-state index in [9.17, 15) is 9.59 Å². The molecule has 1 heterocycles. The Morgan fingerprint density at radius 3 is 2.60 bits per heavy atom. The molecule has 0 aromatic carbocycles. The number of Topliss-reactive ketones (excluding diaryl/α,β-unsaturated/α-hetero) is 1. The van der Waals surface area contributed by atoms with Gasteiger partial charge in [0.05, 0.1) is 0 Å². The summed E-state index contributed by atoms with van der Waals surface area (Å²) in [5, 5.41) is -1.72. The van der Waals surface area contributed by atoms with Crippen molar-refractivity contribution in [1.29, 1.82) is 0 Å². The molecule has 4 atom stereocenters. The van der Waals surface area contributed by atoms with Crippen molar-refractivity contribution in [2.45, 2.75) is 43.4 Å². The van der Waals surface area contributed by atoms with Gasteiger partial charge in [0.1, 0.15) is 16.9 Å². The van der Waals surface area contributed by atoms with Crippen LogP contribution in [0, 0.1) is 0 Å². The molecule has 6 heteroatoms. The second kappa shape index (κ2) is 5.14. The van der Waals surface area contributed by atoms with Gasteiger partial charge in [-0.2, -0.15) is 0 Å². The lowest BCUT2D eigenvalue weighted by atomic mass is 10.0. The fourth-order valence-electron chi connectivity index (χ4n) is 1.33. The molecule has 15 heavy (non-hydrogen) atoms. The van der Waals surface area contributed by atoms with Gasteiger partial charge in [-0.1, -0.05) is 6.92 Å². The minimum atomic E-state index is -0.950. The molecule has 1 aliphatic heterocycles. The normalized spacial score (nSPS) is 36.4. The number of ketones is 1. The Kier molecular flexibility index (Phi) is 4.37. The quantitative estimate of drug-likeness (QED) is 0.553. The van der Waals surface area contributed by atoms with Gasteiger partial charge < -0.3 is 9.47 Å². The van der Waals surface area contributed by atoms with Crippen molar-refractivity contribution in [2.75, 3.05) is 0 Å². The second-order valence-electron chi connectivity index (χ2n) is 3.26. The first-order valence-corrected chi connectivity index (χ1v) is 5.49. The summed E-state index contributed by atoms with van der Waals surface area (Å²) in [6, 6.07) is 0. The summed E-state index contributed by atoms with van der Waals surface area (Å²) in [4.78, 5) is 22.3. The zero-order chi connectivity index (χ0) is 11.6. The van der Waals surface area contributed by atoms with E-state index in [2.05, 4.69) is 0 Å². The molecule has 0 saturated carbocycles. The molecule has 0 aromatic heterocycles. The zero-order valence-electron chi connectivity index (χ0n) is 8.41. The highest BCUT2D eigenvalue weighted by Gasteiger charge is 2.44. The van der Waals surface area contributed by atoms with Crippen molar-refractivity contribution in [2.24, 2.45) is 0 Å². The smallest absolute Gasteiger partial charge is 0.304 e. The summed E-state index contributed by atoms with van der Waals surface area (Å²) in [5.41, 5.74) is 0. The number of hydrogen-bond donors (Lipinski definition) is 0. The van der Waals surface area contributed by atoms with Crippen LogP contribution in [0.5, 0.6) is 0 Å². The van der Waals surface area contributed by atoms with Crippen molar-refractivity contribution in [3.63, 3.8) is 0 Å². The van der Waals surface area contributed by atoms with Crippen LogP contribution in [0.2, 0.25) is 0 Å². The van der Waals surface area contributed by atoms with Crippen molar-refractivity contribution >= 4 is 35.0 Å². The predicted molar refractivity (Wildman–Crippen MR) is 55.0 cm³/mol. The Hall–Kier alpha value is -0.320. The average Bonchev–Trinajstić information content (AvgIpc) is 2.18. The molecule has 1 aliphatic rings. The highest BCUT2D eigenvalue weighted by atomic mass is 35.5. The van der Waals surface area contributed by atoms with Crippen molar-refractivity contribution in [3.05, 3.63) is 0 Å². The number of alkyl halides is 2. The monoisotopic (exact) mass is 254 g/mol. The Labute approximate surface area is 97.8 Å². The number of carbonyl (C=O) groups excluding carboxylic acids is 2. The van der Waals surface area contributed by atoms with Crippen molar-refractivity contribution < 1.29 is 19.1 Å². The van der Waals surface area contributed by atoms with Crippen LogP contribution in [0.1, 0.15) is 20.3 Å². The maximum Gasteiger partial charge on any atom is 0.304 e. The Morgan fingerprint density at radius 1 is 1.53 bits per heavy atom. The van der Waals surface area contributed by atoms with Gasteiger partial charge in [0.15, 0.2) is 5.78 Å². The molecule has 1 rings (SSSR count). The lowest BCUT2D eigenvalue weighted by Gasteiger charge is -2.34. The molecule has 0 N–H and O–H groups in total. The summed E-state index contributed by atoms with van der Waals surface area (Å²) in [5.74, 6) is -0.777. The molecule has 0 amide bonds. The van der Waals surface area contributed by atoms with Crippen LogP contribution in [0.15, 0.2) is 0 Å². The van der Waals surface area contributed by atoms with Crippen LogP contribution >= 0.6 is 23.2 Å². The number of ether oxygens (including phenoxy) is 2. The number of carbonyl (C=O) groups is 2. The van der Waals surface area contributed by atoms with Crippen LogP contribution in [-0.4, -0.2) is 34.9 Å². The minimum Gasteiger partial charge on any atom is -0.434 e. The van der Waals surface area contributed by atoms with E-state index in [-0.39, 0.29) is 5.78 Å². The molecule has 1 fully saturated rings. The topological polar surface area (TPSA) is 52.6 Å². The van der Waals surface area contributed by atoms with E-state index in [1.165, 1.54) is 6.92 Å². The number of halogens is 2. The molecule has 1 saturated heterocycles. The molecule has 0 aromatic rings. The van der Waals surface area contributed by atoms with E-state index in [0.29, 0.717) is 6.42 Å². The van der Waals surface area contributed by atoms with Crippen LogP contribution in [0.4, 0.5) is 0 Å². The highest BCUT2D eigenvalue weighted by molar-refractivity contribution is 6.38. The molecule has 4 nitrogen and oxygen atoms in total. The van der Waals surface area contributed by atoms with Crippen LogP contribution < -0.4 is 0 Å². The van der Waals surface area contributed by atoms with Gasteiger partial charge in [-0.3, -0.25) is 9.59 Å². The summed E-state index contributed by atoms with van der Waals surface area (Å²) in [6.07, 6.45) is -1.12. The molecule has 0 radical (unpaired) electrons. The molecule has 0 bridgehead atoms. The van der Waals surface area contributed by atoms with Crippen LogP contribution in [-0.2, 0) is 19.1 Å². The van der Waals surface area contributed by atoms with E-state index >= 15 is 0 Å². The van der Waals surface area contributed by atoms with Gasteiger partial charge in [-0.25, -0.2) is 0 Å². The maximum atomic E-state index is 11.5. The first kappa shape index (κ1) is 12.7. The zero-order valence-corrected chi connectivity index (χ0v) is 9.92.